The van der Waals surface area contributed by atoms with Gasteiger partial charge in [0.2, 0.25) is 5.91 Å². The van der Waals surface area contributed by atoms with Crippen molar-refractivity contribution in [2.45, 2.75) is 6.92 Å². The Morgan fingerprint density at radius 3 is 2.85 bits per heavy atom. The molecule has 0 aliphatic carbocycles. The molecule has 0 atom stereocenters. The second-order valence-electron chi connectivity index (χ2n) is 5.63. The van der Waals surface area contributed by atoms with Crippen LogP contribution in [0.2, 0.25) is 0 Å². The van der Waals surface area contributed by atoms with Crippen molar-refractivity contribution in [2.24, 2.45) is 0 Å². The van der Waals surface area contributed by atoms with Gasteiger partial charge in [-0.2, -0.15) is 0 Å². The van der Waals surface area contributed by atoms with Crippen LogP contribution in [0.15, 0.2) is 48.7 Å². The normalized spacial score (nSPS) is 10.6. The lowest BCUT2D eigenvalue weighted by Crippen LogP contribution is -2.12. The fourth-order valence-electron chi connectivity index (χ4n) is 2.55. The van der Waals surface area contributed by atoms with Crippen LogP contribution in [-0.2, 0) is 4.79 Å². The summed E-state index contributed by atoms with van der Waals surface area (Å²) in [6.07, 6.45) is 1.46. The third kappa shape index (κ3) is 4.24. The summed E-state index contributed by atoms with van der Waals surface area (Å²) in [6.45, 7) is 2.18. The van der Waals surface area contributed by atoms with Gasteiger partial charge in [-0.25, -0.2) is 8.78 Å². The highest BCUT2D eigenvalue weighted by molar-refractivity contribution is 5.91. The van der Waals surface area contributed by atoms with E-state index in [4.69, 9.17) is 4.74 Å². The Morgan fingerprint density at radius 2 is 2.04 bits per heavy atom. The first-order chi connectivity index (χ1) is 12.5. The zero-order valence-corrected chi connectivity index (χ0v) is 14.1. The standard InChI is InChI=1S/C19H17F2N3O2/c1-12(25)24-14-3-2-4-15(11-14)26-8-7-22-18-5-6-23-19-16(18)9-13(20)10-17(19)21/h2-6,9-11H,7-8H2,1H3,(H,22,23)(H,24,25). The van der Waals surface area contributed by atoms with Crippen LogP contribution in [0.25, 0.3) is 10.9 Å². The van der Waals surface area contributed by atoms with Crippen LogP contribution in [-0.4, -0.2) is 24.0 Å². The van der Waals surface area contributed by atoms with E-state index in [1.807, 2.05) is 0 Å². The fourth-order valence-corrected chi connectivity index (χ4v) is 2.55. The Balaban J connectivity index is 1.62. The Bertz CT molecular complexity index is 947. The molecule has 3 rings (SSSR count). The molecule has 1 heterocycles. The van der Waals surface area contributed by atoms with Crippen LogP contribution in [0.5, 0.6) is 5.75 Å². The minimum atomic E-state index is -0.699. The molecule has 1 aromatic heterocycles. The van der Waals surface area contributed by atoms with E-state index in [2.05, 4.69) is 15.6 Å². The van der Waals surface area contributed by atoms with E-state index >= 15 is 0 Å². The lowest BCUT2D eigenvalue weighted by molar-refractivity contribution is -0.114. The topological polar surface area (TPSA) is 63.2 Å². The van der Waals surface area contributed by atoms with Crippen LogP contribution < -0.4 is 15.4 Å². The van der Waals surface area contributed by atoms with Crippen molar-refractivity contribution >= 4 is 28.2 Å². The average Bonchev–Trinajstić information content (AvgIpc) is 2.59. The number of fused-ring (bicyclic) bond motifs is 1. The van der Waals surface area contributed by atoms with E-state index in [1.165, 1.54) is 19.2 Å². The number of hydrogen-bond donors (Lipinski definition) is 2. The molecule has 0 saturated carbocycles. The van der Waals surface area contributed by atoms with Gasteiger partial charge in [0.25, 0.3) is 0 Å². The molecule has 5 nitrogen and oxygen atoms in total. The maximum atomic E-state index is 13.8. The molecule has 2 aromatic carbocycles. The number of nitrogens with zero attached hydrogens (tertiary/aromatic N) is 1. The number of benzene rings is 2. The van der Waals surface area contributed by atoms with Gasteiger partial charge in [0, 0.05) is 48.6 Å². The second-order valence-corrected chi connectivity index (χ2v) is 5.63. The molecule has 0 aliphatic rings. The van der Waals surface area contributed by atoms with Crippen LogP contribution in [0.4, 0.5) is 20.2 Å². The van der Waals surface area contributed by atoms with Crippen molar-refractivity contribution < 1.29 is 18.3 Å². The molecule has 3 aromatic rings. The summed E-state index contributed by atoms with van der Waals surface area (Å²) in [5.74, 6) is -0.908. The maximum Gasteiger partial charge on any atom is 0.221 e. The number of rotatable bonds is 6. The zero-order chi connectivity index (χ0) is 18.5. The summed E-state index contributed by atoms with van der Waals surface area (Å²) in [5.41, 5.74) is 1.33. The Hall–Kier alpha value is -3.22. The van der Waals surface area contributed by atoms with Gasteiger partial charge in [0.1, 0.15) is 23.7 Å². The van der Waals surface area contributed by atoms with Crippen molar-refractivity contribution in [3.63, 3.8) is 0 Å². The van der Waals surface area contributed by atoms with E-state index in [0.29, 0.717) is 35.7 Å². The van der Waals surface area contributed by atoms with Crippen molar-refractivity contribution in [3.05, 3.63) is 60.3 Å². The van der Waals surface area contributed by atoms with Gasteiger partial charge in [-0.05, 0) is 24.3 Å². The van der Waals surface area contributed by atoms with E-state index in [1.54, 1.807) is 30.3 Å². The highest BCUT2D eigenvalue weighted by Gasteiger charge is 2.09. The number of halogens is 2. The maximum absolute atomic E-state index is 13.8. The molecule has 0 radical (unpaired) electrons. The SMILES string of the molecule is CC(=O)Nc1cccc(OCCNc2ccnc3c(F)cc(F)cc23)c1. The second kappa shape index (κ2) is 7.77. The molecule has 26 heavy (non-hydrogen) atoms. The van der Waals surface area contributed by atoms with Crippen molar-refractivity contribution in [3.8, 4) is 5.75 Å². The number of nitrogens with one attached hydrogen (secondary N) is 2. The monoisotopic (exact) mass is 357 g/mol. The number of pyridine rings is 1. The quantitative estimate of drug-likeness (QED) is 0.656. The fraction of sp³-hybridized carbons (Fsp3) is 0.158. The lowest BCUT2D eigenvalue weighted by atomic mass is 10.1. The summed E-state index contributed by atoms with van der Waals surface area (Å²) in [4.78, 5) is 15.0. The van der Waals surface area contributed by atoms with E-state index in [0.717, 1.165) is 6.07 Å². The first kappa shape index (κ1) is 17.6. The van der Waals surface area contributed by atoms with Crippen LogP contribution in [0.1, 0.15) is 6.92 Å². The third-order valence-electron chi connectivity index (χ3n) is 3.60. The van der Waals surface area contributed by atoms with Crippen molar-refractivity contribution in [1.82, 2.24) is 4.98 Å². The molecule has 134 valence electrons. The number of ether oxygens (including phenoxy) is 1. The zero-order valence-electron chi connectivity index (χ0n) is 14.1. The summed E-state index contributed by atoms with van der Waals surface area (Å²) in [7, 11) is 0. The molecule has 7 heteroatoms. The van der Waals surface area contributed by atoms with E-state index in [-0.39, 0.29) is 11.4 Å². The summed E-state index contributed by atoms with van der Waals surface area (Å²) >= 11 is 0. The Kier molecular flexibility index (Phi) is 5.26. The predicted molar refractivity (Wildman–Crippen MR) is 96.4 cm³/mol. The molecule has 0 bridgehead atoms. The lowest BCUT2D eigenvalue weighted by Gasteiger charge is -2.12. The highest BCUT2D eigenvalue weighted by Crippen LogP contribution is 2.24. The third-order valence-corrected chi connectivity index (χ3v) is 3.60. The van der Waals surface area contributed by atoms with Gasteiger partial charge >= 0.3 is 0 Å². The van der Waals surface area contributed by atoms with Crippen molar-refractivity contribution in [1.29, 1.82) is 0 Å². The Labute approximate surface area is 149 Å². The molecule has 1 amide bonds. The molecule has 0 saturated heterocycles. The minimum Gasteiger partial charge on any atom is -0.492 e. The van der Waals surface area contributed by atoms with Gasteiger partial charge in [-0.15, -0.1) is 0 Å². The number of hydrogen-bond acceptors (Lipinski definition) is 4. The van der Waals surface area contributed by atoms with Crippen LogP contribution >= 0.6 is 0 Å². The first-order valence-electron chi connectivity index (χ1n) is 8.01. The van der Waals surface area contributed by atoms with Crippen LogP contribution in [0.3, 0.4) is 0 Å². The molecular formula is C19H17F2N3O2. The molecule has 0 spiro atoms. The summed E-state index contributed by atoms with van der Waals surface area (Å²) in [5, 5.41) is 6.14. The predicted octanol–water partition coefficient (Wildman–Crippen LogP) is 3.96. The summed E-state index contributed by atoms with van der Waals surface area (Å²) < 4.78 is 32.9. The molecular weight excluding hydrogens is 340 g/mol. The van der Waals surface area contributed by atoms with E-state index < -0.39 is 11.6 Å². The number of anilines is 2. The molecule has 0 fully saturated rings. The number of amides is 1. The van der Waals surface area contributed by atoms with Gasteiger partial charge in [0.05, 0.1) is 0 Å². The largest absolute Gasteiger partial charge is 0.492 e. The molecule has 0 aliphatic heterocycles. The van der Waals surface area contributed by atoms with Gasteiger partial charge in [-0.3, -0.25) is 9.78 Å². The van der Waals surface area contributed by atoms with Crippen LogP contribution in [0, 0.1) is 11.6 Å². The highest BCUT2D eigenvalue weighted by atomic mass is 19.1. The minimum absolute atomic E-state index is 0.111. The van der Waals surface area contributed by atoms with Gasteiger partial charge in [-0.1, -0.05) is 6.07 Å². The first-order valence-corrected chi connectivity index (χ1v) is 8.01. The number of carbonyl (C=O) groups is 1. The number of carbonyl (C=O) groups excluding carboxylic acids is 1. The number of aromatic nitrogens is 1. The summed E-state index contributed by atoms with van der Waals surface area (Å²) in [6, 6.07) is 10.7. The van der Waals surface area contributed by atoms with Crippen molar-refractivity contribution in [2.75, 3.05) is 23.8 Å². The van der Waals surface area contributed by atoms with E-state index in [9.17, 15) is 13.6 Å². The molecule has 0 unspecified atom stereocenters. The van der Waals surface area contributed by atoms with Gasteiger partial charge in [0.15, 0.2) is 5.82 Å². The average molecular weight is 357 g/mol. The molecule has 2 N–H and O–H groups in total. The Morgan fingerprint density at radius 1 is 1.19 bits per heavy atom. The van der Waals surface area contributed by atoms with Gasteiger partial charge < -0.3 is 15.4 Å². The smallest absolute Gasteiger partial charge is 0.221 e.